The Bertz CT molecular complexity index is 498. The summed E-state index contributed by atoms with van der Waals surface area (Å²) in [5, 5.41) is 0. The van der Waals surface area contributed by atoms with Crippen molar-refractivity contribution in [3.8, 4) is 0 Å². The molecule has 0 spiro atoms. The molecular weight excluding hydrogens is 270 g/mol. The molecule has 0 amide bonds. The Morgan fingerprint density at radius 1 is 1.33 bits per heavy atom. The molecule has 18 heavy (non-hydrogen) atoms. The molecule has 5 heteroatoms. The predicted molar refractivity (Wildman–Crippen MR) is 73.3 cm³/mol. The van der Waals surface area contributed by atoms with Crippen LogP contribution in [0.25, 0.3) is 0 Å². The highest BCUT2D eigenvalue weighted by molar-refractivity contribution is 7.89. The standard InChI is InChI=1S/C13H18ClNO2S/c1-10-8-12(10)9-15-18(16,17)13-4-2-11(3-5-13)6-7-14/h2-5,10,12,15H,6-9H2,1H3. The number of halogens is 1. The first-order chi connectivity index (χ1) is 8.53. The van der Waals surface area contributed by atoms with Gasteiger partial charge >= 0.3 is 0 Å². The average Bonchev–Trinajstić information content (AvgIpc) is 3.04. The SMILES string of the molecule is CC1CC1CNS(=O)(=O)c1ccc(CCCl)cc1. The van der Waals surface area contributed by atoms with Crippen LogP contribution in [0.5, 0.6) is 0 Å². The molecule has 3 nitrogen and oxygen atoms in total. The van der Waals surface area contributed by atoms with Crippen molar-refractivity contribution in [2.75, 3.05) is 12.4 Å². The minimum atomic E-state index is -3.35. The van der Waals surface area contributed by atoms with Crippen molar-refractivity contribution in [1.29, 1.82) is 0 Å². The number of rotatable bonds is 6. The summed E-state index contributed by atoms with van der Waals surface area (Å²) in [5.74, 6) is 1.71. The summed E-state index contributed by atoms with van der Waals surface area (Å²) in [7, 11) is -3.35. The second-order valence-corrected chi connectivity index (χ2v) is 7.05. The summed E-state index contributed by atoms with van der Waals surface area (Å²) in [6, 6.07) is 6.91. The van der Waals surface area contributed by atoms with Gasteiger partial charge in [-0.25, -0.2) is 13.1 Å². The second kappa shape index (κ2) is 5.59. The zero-order valence-electron chi connectivity index (χ0n) is 10.4. The van der Waals surface area contributed by atoms with E-state index in [-0.39, 0.29) is 0 Å². The number of hydrogen-bond donors (Lipinski definition) is 1. The fourth-order valence-corrected chi connectivity index (χ4v) is 3.24. The van der Waals surface area contributed by atoms with Crippen molar-refractivity contribution < 1.29 is 8.42 Å². The number of alkyl halides is 1. The molecule has 2 atom stereocenters. The zero-order valence-corrected chi connectivity index (χ0v) is 12.0. The molecule has 1 aromatic rings. The third-order valence-electron chi connectivity index (χ3n) is 3.43. The Morgan fingerprint density at radius 2 is 1.94 bits per heavy atom. The second-order valence-electron chi connectivity index (χ2n) is 4.91. The molecule has 0 radical (unpaired) electrons. The summed E-state index contributed by atoms with van der Waals surface area (Å²) in [5.41, 5.74) is 1.06. The van der Waals surface area contributed by atoms with Crippen LogP contribution in [0.15, 0.2) is 29.2 Å². The van der Waals surface area contributed by atoms with Gasteiger partial charge in [0.1, 0.15) is 0 Å². The molecule has 0 saturated heterocycles. The lowest BCUT2D eigenvalue weighted by Gasteiger charge is -2.07. The summed E-state index contributed by atoms with van der Waals surface area (Å²) in [6.07, 6.45) is 1.88. The fourth-order valence-electron chi connectivity index (χ4n) is 1.93. The molecule has 100 valence electrons. The lowest BCUT2D eigenvalue weighted by atomic mass is 10.2. The van der Waals surface area contributed by atoms with Crippen LogP contribution in [0.1, 0.15) is 18.9 Å². The first-order valence-corrected chi connectivity index (χ1v) is 8.19. The molecule has 0 bridgehead atoms. The van der Waals surface area contributed by atoms with E-state index >= 15 is 0 Å². The zero-order chi connectivity index (χ0) is 13.2. The lowest BCUT2D eigenvalue weighted by molar-refractivity contribution is 0.574. The van der Waals surface area contributed by atoms with Gasteiger partial charge in [0.2, 0.25) is 10.0 Å². The number of aryl methyl sites for hydroxylation is 1. The van der Waals surface area contributed by atoms with Gasteiger partial charge in [0, 0.05) is 12.4 Å². The minimum absolute atomic E-state index is 0.328. The monoisotopic (exact) mass is 287 g/mol. The summed E-state index contributed by atoms with van der Waals surface area (Å²) in [6.45, 7) is 2.69. The van der Waals surface area contributed by atoms with Crippen molar-refractivity contribution in [2.24, 2.45) is 11.8 Å². The Labute approximate surface area is 114 Å². The molecule has 0 aliphatic heterocycles. The third-order valence-corrected chi connectivity index (χ3v) is 5.06. The van der Waals surface area contributed by atoms with Gasteiger partial charge in [0.25, 0.3) is 0 Å². The molecule has 1 aliphatic carbocycles. The largest absolute Gasteiger partial charge is 0.240 e. The molecule has 1 aromatic carbocycles. The maximum Gasteiger partial charge on any atom is 0.240 e. The van der Waals surface area contributed by atoms with Crippen LogP contribution in [0.4, 0.5) is 0 Å². The van der Waals surface area contributed by atoms with Crippen LogP contribution < -0.4 is 4.72 Å². The molecule has 2 rings (SSSR count). The molecular formula is C13H18ClNO2S. The van der Waals surface area contributed by atoms with Gasteiger partial charge in [-0.1, -0.05) is 19.1 Å². The van der Waals surface area contributed by atoms with Crippen LogP contribution in [0.3, 0.4) is 0 Å². The van der Waals surface area contributed by atoms with Gasteiger partial charge < -0.3 is 0 Å². The molecule has 1 fully saturated rings. The van der Waals surface area contributed by atoms with E-state index in [2.05, 4.69) is 11.6 Å². The Hall–Kier alpha value is -0.580. The normalized spacial score (nSPS) is 23.0. The van der Waals surface area contributed by atoms with E-state index in [0.717, 1.165) is 18.4 Å². The topological polar surface area (TPSA) is 46.2 Å². The molecule has 0 heterocycles. The van der Waals surface area contributed by atoms with Crippen LogP contribution in [0.2, 0.25) is 0 Å². The van der Waals surface area contributed by atoms with Gasteiger partial charge in [-0.2, -0.15) is 0 Å². The minimum Gasteiger partial charge on any atom is -0.211 e. The summed E-state index contributed by atoms with van der Waals surface area (Å²) < 4.78 is 26.7. The summed E-state index contributed by atoms with van der Waals surface area (Å²) in [4.78, 5) is 0.328. The Kier molecular flexibility index (Phi) is 4.30. The Morgan fingerprint density at radius 3 is 2.44 bits per heavy atom. The number of benzene rings is 1. The maximum absolute atomic E-state index is 12.0. The summed E-state index contributed by atoms with van der Waals surface area (Å²) >= 11 is 5.64. The number of sulfonamides is 1. The number of nitrogens with one attached hydrogen (secondary N) is 1. The average molecular weight is 288 g/mol. The van der Waals surface area contributed by atoms with Gasteiger partial charge in [-0.15, -0.1) is 11.6 Å². The van der Waals surface area contributed by atoms with E-state index in [0.29, 0.717) is 29.2 Å². The van der Waals surface area contributed by atoms with E-state index < -0.39 is 10.0 Å². The molecule has 0 aromatic heterocycles. The molecule has 1 N–H and O–H groups in total. The Balaban J connectivity index is 1.99. The van der Waals surface area contributed by atoms with E-state index in [1.54, 1.807) is 12.1 Å². The van der Waals surface area contributed by atoms with Crippen LogP contribution in [-0.2, 0) is 16.4 Å². The van der Waals surface area contributed by atoms with Gasteiger partial charge in [-0.05, 0) is 42.4 Å². The lowest BCUT2D eigenvalue weighted by Crippen LogP contribution is -2.26. The van der Waals surface area contributed by atoms with Crippen molar-refractivity contribution >= 4 is 21.6 Å². The third kappa shape index (κ3) is 3.46. The van der Waals surface area contributed by atoms with Gasteiger partial charge in [-0.3, -0.25) is 0 Å². The van der Waals surface area contributed by atoms with Gasteiger partial charge in [0.05, 0.1) is 4.90 Å². The van der Waals surface area contributed by atoms with E-state index in [1.165, 1.54) is 0 Å². The van der Waals surface area contributed by atoms with Crippen molar-refractivity contribution in [2.45, 2.75) is 24.7 Å². The van der Waals surface area contributed by atoms with Crippen LogP contribution in [0, 0.1) is 11.8 Å². The number of hydrogen-bond acceptors (Lipinski definition) is 2. The smallest absolute Gasteiger partial charge is 0.211 e. The van der Waals surface area contributed by atoms with Gasteiger partial charge in [0.15, 0.2) is 0 Å². The molecule has 1 aliphatic rings. The van der Waals surface area contributed by atoms with E-state index in [1.807, 2.05) is 12.1 Å². The first-order valence-electron chi connectivity index (χ1n) is 6.17. The van der Waals surface area contributed by atoms with Crippen molar-refractivity contribution in [3.63, 3.8) is 0 Å². The molecule has 1 saturated carbocycles. The highest BCUT2D eigenvalue weighted by Gasteiger charge is 2.33. The van der Waals surface area contributed by atoms with Crippen molar-refractivity contribution in [3.05, 3.63) is 29.8 Å². The first kappa shape index (κ1) is 13.8. The van der Waals surface area contributed by atoms with Crippen LogP contribution in [-0.4, -0.2) is 20.8 Å². The van der Waals surface area contributed by atoms with Crippen LogP contribution >= 0.6 is 11.6 Å². The quantitative estimate of drug-likeness (QED) is 0.817. The fraction of sp³-hybridized carbons (Fsp3) is 0.538. The highest BCUT2D eigenvalue weighted by Crippen LogP contribution is 2.37. The highest BCUT2D eigenvalue weighted by atomic mass is 35.5. The maximum atomic E-state index is 12.0. The van der Waals surface area contributed by atoms with Crippen molar-refractivity contribution in [1.82, 2.24) is 4.72 Å². The predicted octanol–water partition coefficient (Wildman–Crippen LogP) is 2.40. The van der Waals surface area contributed by atoms with E-state index in [9.17, 15) is 8.42 Å². The molecule has 2 unspecified atom stereocenters. The van der Waals surface area contributed by atoms with E-state index in [4.69, 9.17) is 11.6 Å².